The number of halogens is 3. The van der Waals surface area contributed by atoms with Gasteiger partial charge in [0.15, 0.2) is 6.10 Å². The lowest BCUT2D eigenvalue weighted by Crippen LogP contribution is -2.59. The average Bonchev–Trinajstić information content (AvgIpc) is 3.43. The number of pyridine rings is 1. The summed E-state index contributed by atoms with van der Waals surface area (Å²) >= 11 is 0. The normalized spacial score (nSPS) is 23.5. The lowest BCUT2D eigenvalue weighted by Gasteiger charge is -2.43. The van der Waals surface area contributed by atoms with E-state index in [2.05, 4.69) is 15.1 Å². The summed E-state index contributed by atoms with van der Waals surface area (Å²) in [5.41, 5.74) is 1.42. The molecule has 9 nitrogen and oxygen atoms in total. The molecule has 1 fully saturated rings. The van der Waals surface area contributed by atoms with Crippen LogP contribution in [-0.4, -0.2) is 71.3 Å². The van der Waals surface area contributed by atoms with Gasteiger partial charge < -0.3 is 23.8 Å². The van der Waals surface area contributed by atoms with Crippen molar-refractivity contribution in [1.29, 1.82) is 0 Å². The molecule has 0 saturated carbocycles. The first-order valence-corrected chi connectivity index (χ1v) is 13.1. The SMILES string of the molecule is CCO[C@@H]1[C@@H](OCC)[C@H](C)O[C@@H](O/N=C/c2ccc(-c3cn(-c4ccc(C(F)(F)F)cn4)cn3)cc2)[C@@H]1OCC. The first kappa shape index (κ1) is 29.7. The van der Waals surface area contributed by atoms with Crippen molar-refractivity contribution in [3.63, 3.8) is 0 Å². The van der Waals surface area contributed by atoms with Crippen LogP contribution in [-0.2, 0) is 30.0 Å². The van der Waals surface area contributed by atoms with Crippen molar-refractivity contribution in [2.75, 3.05) is 19.8 Å². The summed E-state index contributed by atoms with van der Waals surface area (Å²) < 4.78 is 63.8. The lowest BCUT2D eigenvalue weighted by molar-refractivity contribution is -0.314. The Morgan fingerprint density at radius 2 is 1.60 bits per heavy atom. The first-order chi connectivity index (χ1) is 19.2. The molecule has 0 bridgehead atoms. The summed E-state index contributed by atoms with van der Waals surface area (Å²) in [6, 6.07) is 9.69. The second-order valence-corrected chi connectivity index (χ2v) is 9.00. The fourth-order valence-corrected chi connectivity index (χ4v) is 4.43. The van der Waals surface area contributed by atoms with Crippen LogP contribution in [0.4, 0.5) is 13.2 Å². The molecule has 0 spiro atoms. The van der Waals surface area contributed by atoms with E-state index in [0.717, 1.165) is 23.4 Å². The van der Waals surface area contributed by atoms with Crippen LogP contribution >= 0.6 is 0 Å². The smallest absolute Gasteiger partial charge is 0.373 e. The molecule has 0 aliphatic carbocycles. The van der Waals surface area contributed by atoms with Gasteiger partial charge in [-0.25, -0.2) is 9.97 Å². The fraction of sp³-hybridized carbons (Fsp3) is 0.464. The number of alkyl halides is 3. The van der Waals surface area contributed by atoms with Crippen molar-refractivity contribution in [2.24, 2.45) is 5.16 Å². The predicted octanol–water partition coefficient (Wildman–Crippen LogP) is 5.26. The quantitative estimate of drug-likeness (QED) is 0.233. The van der Waals surface area contributed by atoms with Crippen LogP contribution in [0.1, 0.15) is 38.8 Å². The number of benzene rings is 1. The third-order valence-corrected chi connectivity index (χ3v) is 6.30. The van der Waals surface area contributed by atoms with Gasteiger partial charge in [-0.2, -0.15) is 13.2 Å². The van der Waals surface area contributed by atoms with Crippen molar-refractivity contribution in [1.82, 2.24) is 14.5 Å². The molecule has 2 aromatic heterocycles. The number of ether oxygens (including phenoxy) is 4. The molecule has 0 radical (unpaired) electrons. The third-order valence-electron chi connectivity index (χ3n) is 6.30. The van der Waals surface area contributed by atoms with Crippen molar-refractivity contribution in [3.05, 3.63) is 66.2 Å². The highest BCUT2D eigenvalue weighted by molar-refractivity contribution is 5.80. The number of hydrogen-bond donors (Lipinski definition) is 0. The largest absolute Gasteiger partial charge is 0.417 e. The highest BCUT2D eigenvalue weighted by atomic mass is 19.4. The van der Waals surface area contributed by atoms with Crippen molar-refractivity contribution < 1.29 is 37.0 Å². The lowest BCUT2D eigenvalue weighted by atomic mass is 9.99. The zero-order valence-electron chi connectivity index (χ0n) is 22.7. The standard InChI is InChI=1S/C28H33F3N4O5/c1-5-36-24-18(4)39-27(26(38-7-3)25(24)37-6-2)40-34-14-19-8-10-20(11-9-19)22-16-35(17-33-22)23-13-12-21(15-32-23)28(29,30)31/h8-18,24-27H,5-7H2,1-4H3/b34-14+/t18-,24-,25+,26+,27-/m0/s1. The minimum absolute atomic E-state index is 0.287. The van der Waals surface area contributed by atoms with E-state index in [1.165, 1.54) is 12.4 Å². The number of imidazole rings is 1. The first-order valence-electron chi connectivity index (χ1n) is 13.1. The van der Waals surface area contributed by atoms with Crippen LogP contribution in [0, 0.1) is 0 Å². The van der Waals surface area contributed by atoms with Crippen LogP contribution in [0.3, 0.4) is 0 Å². The average molecular weight is 563 g/mol. The second kappa shape index (κ2) is 13.4. The van der Waals surface area contributed by atoms with E-state index >= 15 is 0 Å². The van der Waals surface area contributed by atoms with Gasteiger partial charge in [0, 0.05) is 37.8 Å². The van der Waals surface area contributed by atoms with Crippen LogP contribution < -0.4 is 0 Å². The minimum Gasteiger partial charge on any atom is -0.373 e. The van der Waals surface area contributed by atoms with E-state index in [1.54, 1.807) is 17.0 Å². The second-order valence-electron chi connectivity index (χ2n) is 9.00. The van der Waals surface area contributed by atoms with E-state index in [1.807, 2.05) is 52.0 Å². The molecule has 0 N–H and O–H groups in total. The van der Waals surface area contributed by atoms with Gasteiger partial charge in [-0.3, -0.25) is 4.57 Å². The van der Waals surface area contributed by atoms with Gasteiger partial charge in [0.2, 0.25) is 0 Å². The van der Waals surface area contributed by atoms with E-state index in [-0.39, 0.29) is 18.3 Å². The predicted molar refractivity (Wildman–Crippen MR) is 141 cm³/mol. The van der Waals surface area contributed by atoms with E-state index in [4.69, 9.17) is 23.8 Å². The summed E-state index contributed by atoms with van der Waals surface area (Å²) in [7, 11) is 0. The van der Waals surface area contributed by atoms with Crippen molar-refractivity contribution in [2.45, 2.75) is 64.6 Å². The Morgan fingerprint density at radius 1 is 0.925 bits per heavy atom. The number of nitrogens with zero attached hydrogens (tertiary/aromatic N) is 4. The summed E-state index contributed by atoms with van der Waals surface area (Å²) in [6.07, 6.45) is -1.13. The van der Waals surface area contributed by atoms with Gasteiger partial charge in [0.1, 0.15) is 24.4 Å². The summed E-state index contributed by atoms with van der Waals surface area (Å²) in [5.74, 6) is 0.330. The van der Waals surface area contributed by atoms with Gasteiger partial charge >= 0.3 is 6.18 Å². The summed E-state index contributed by atoms with van der Waals surface area (Å²) in [5, 5.41) is 4.13. The number of aromatic nitrogens is 3. The molecule has 1 aliphatic heterocycles. The molecular formula is C28H33F3N4O5. The topological polar surface area (TPSA) is 89.2 Å². The third kappa shape index (κ3) is 7.05. The van der Waals surface area contributed by atoms with Gasteiger partial charge in [0.25, 0.3) is 6.29 Å². The van der Waals surface area contributed by atoms with Gasteiger partial charge in [-0.1, -0.05) is 29.4 Å². The van der Waals surface area contributed by atoms with Crippen LogP contribution in [0.5, 0.6) is 0 Å². The van der Waals surface area contributed by atoms with Crippen LogP contribution in [0.15, 0.2) is 60.3 Å². The molecule has 0 amide bonds. The Morgan fingerprint density at radius 3 is 2.23 bits per heavy atom. The van der Waals surface area contributed by atoms with Gasteiger partial charge in [0.05, 0.1) is 23.6 Å². The molecule has 1 aromatic carbocycles. The molecule has 1 aliphatic rings. The van der Waals surface area contributed by atoms with Gasteiger partial charge in [-0.15, -0.1) is 0 Å². The monoisotopic (exact) mass is 562 g/mol. The van der Waals surface area contributed by atoms with Crippen LogP contribution in [0.25, 0.3) is 17.1 Å². The Hall–Kier alpha value is -3.32. The summed E-state index contributed by atoms with van der Waals surface area (Å²) in [6.45, 7) is 9.09. The molecule has 3 heterocycles. The Balaban J connectivity index is 1.41. The minimum atomic E-state index is -4.44. The van der Waals surface area contributed by atoms with Crippen LogP contribution in [0.2, 0.25) is 0 Å². The molecule has 1 saturated heterocycles. The zero-order chi connectivity index (χ0) is 28.7. The number of hydrogen-bond acceptors (Lipinski definition) is 8. The zero-order valence-corrected chi connectivity index (χ0v) is 22.7. The van der Waals surface area contributed by atoms with E-state index in [9.17, 15) is 13.2 Å². The Kier molecular flexibility index (Phi) is 9.90. The van der Waals surface area contributed by atoms with Gasteiger partial charge in [-0.05, 0) is 45.4 Å². The Labute approximate surface area is 230 Å². The molecule has 4 rings (SSSR count). The highest BCUT2D eigenvalue weighted by Crippen LogP contribution is 2.30. The molecule has 5 atom stereocenters. The number of rotatable bonds is 11. The maximum absolute atomic E-state index is 12.8. The maximum atomic E-state index is 12.8. The summed E-state index contributed by atoms with van der Waals surface area (Å²) in [4.78, 5) is 14.0. The molecule has 3 aromatic rings. The highest BCUT2D eigenvalue weighted by Gasteiger charge is 2.47. The van der Waals surface area contributed by atoms with E-state index < -0.39 is 24.1 Å². The maximum Gasteiger partial charge on any atom is 0.417 e. The fourth-order valence-electron chi connectivity index (χ4n) is 4.43. The van der Waals surface area contributed by atoms with Crippen molar-refractivity contribution >= 4 is 6.21 Å². The molecular weight excluding hydrogens is 529 g/mol. The molecule has 12 heteroatoms. The molecule has 0 unspecified atom stereocenters. The molecule has 216 valence electrons. The number of oxime groups is 1. The molecule has 40 heavy (non-hydrogen) atoms. The van der Waals surface area contributed by atoms with E-state index in [0.29, 0.717) is 31.3 Å². The Bertz CT molecular complexity index is 1230. The van der Waals surface area contributed by atoms with Crippen molar-refractivity contribution in [3.8, 4) is 17.1 Å².